The van der Waals surface area contributed by atoms with Crippen LogP contribution in [-0.2, 0) is 0 Å². The quantitative estimate of drug-likeness (QED) is 0.667. The fourth-order valence-electron chi connectivity index (χ4n) is 1.23. The molecular weight excluding hydrogens is 226 g/mol. The zero-order chi connectivity index (χ0) is 12.5. The molecule has 0 saturated heterocycles. The summed E-state index contributed by atoms with van der Waals surface area (Å²) < 4.78 is 0. The minimum atomic E-state index is 0.900. The van der Waals surface area contributed by atoms with E-state index in [0.29, 0.717) is 0 Å². The Morgan fingerprint density at radius 3 is 2.65 bits per heavy atom. The van der Waals surface area contributed by atoms with Crippen LogP contribution in [0.15, 0.2) is 36.5 Å². The first-order valence-corrected chi connectivity index (χ1v) is 6.72. The molecule has 88 valence electrons. The molecule has 17 heavy (non-hydrogen) atoms. The van der Waals surface area contributed by atoms with Crippen molar-refractivity contribution in [3.63, 3.8) is 0 Å². The van der Waals surface area contributed by atoms with Gasteiger partial charge >= 0.3 is 0 Å². The molecule has 0 saturated carbocycles. The molecule has 2 aromatic rings. The van der Waals surface area contributed by atoms with Crippen LogP contribution in [0.4, 0.5) is 0 Å². The van der Waals surface area contributed by atoms with Gasteiger partial charge in [0.15, 0.2) is 0 Å². The van der Waals surface area contributed by atoms with E-state index in [1.54, 1.807) is 11.3 Å². The number of hydrogen-bond acceptors (Lipinski definition) is 2. The smallest absolute Gasteiger partial charge is 0.0802 e. The van der Waals surface area contributed by atoms with Crippen molar-refractivity contribution in [2.45, 2.75) is 27.2 Å². The molecular formula is C15H17NS. The van der Waals surface area contributed by atoms with Gasteiger partial charge in [0.05, 0.1) is 15.4 Å². The number of rotatable bonds is 1. The zero-order valence-electron chi connectivity index (χ0n) is 10.5. The molecule has 0 aliphatic carbocycles. The lowest BCUT2D eigenvalue weighted by Gasteiger charge is -1.92. The van der Waals surface area contributed by atoms with E-state index in [2.05, 4.69) is 35.9 Å². The van der Waals surface area contributed by atoms with Crippen LogP contribution in [0.2, 0.25) is 0 Å². The highest BCUT2D eigenvalue weighted by Gasteiger charge is 2.00. The Kier molecular flexibility index (Phi) is 6.06. The van der Waals surface area contributed by atoms with Gasteiger partial charge < -0.3 is 0 Å². The average molecular weight is 243 g/mol. The van der Waals surface area contributed by atoms with Crippen LogP contribution in [0.1, 0.15) is 32.1 Å². The highest BCUT2D eigenvalue weighted by Crippen LogP contribution is 2.25. The van der Waals surface area contributed by atoms with Crippen LogP contribution in [0.3, 0.4) is 0 Å². The summed E-state index contributed by atoms with van der Waals surface area (Å²) in [4.78, 5) is 6.59. The van der Waals surface area contributed by atoms with Gasteiger partial charge in [-0.05, 0) is 24.3 Å². The van der Waals surface area contributed by atoms with Gasteiger partial charge in [-0.25, -0.2) is 0 Å². The van der Waals surface area contributed by atoms with Gasteiger partial charge in [-0.3, -0.25) is 4.98 Å². The topological polar surface area (TPSA) is 12.9 Å². The van der Waals surface area contributed by atoms with Crippen molar-refractivity contribution in [2.24, 2.45) is 0 Å². The number of hydrogen-bond donors (Lipinski definition) is 0. The van der Waals surface area contributed by atoms with E-state index in [1.807, 2.05) is 38.2 Å². The number of thiophene rings is 1. The van der Waals surface area contributed by atoms with Crippen LogP contribution in [-0.4, -0.2) is 4.98 Å². The molecule has 0 unspecified atom stereocenters. The van der Waals surface area contributed by atoms with Crippen LogP contribution >= 0.6 is 11.3 Å². The van der Waals surface area contributed by atoms with Crippen molar-refractivity contribution < 1.29 is 0 Å². The molecule has 2 rings (SSSR count). The van der Waals surface area contributed by atoms with Crippen LogP contribution in [0.5, 0.6) is 0 Å². The maximum Gasteiger partial charge on any atom is 0.0802 e. The SMILES string of the molecule is CC.CCC#Cc1ccc(-c2ccccn2)s1. The van der Waals surface area contributed by atoms with E-state index < -0.39 is 0 Å². The third kappa shape index (κ3) is 4.05. The Morgan fingerprint density at radius 2 is 2.00 bits per heavy atom. The largest absolute Gasteiger partial charge is 0.255 e. The number of nitrogens with zero attached hydrogens (tertiary/aromatic N) is 1. The molecule has 2 aromatic heterocycles. The first kappa shape index (κ1) is 13.5. The Bertz CT molecular complexity index is 488. The molecule has 0 aliphatic heterocycles. The normalized spacial score (nSPS) is 8.65. The molecule has 0 radical (unpaired) electrons. The zero-order valence-corrected chi connectivity index (χ0v) is 11.3. The molecule has 0 N–H and O–H groups in total. The van der Waals surface area contributed by atoms with E-state index in [4.69, 9.17) is 0 Å². The third-order valence-corrected chi connectivity index (χ3v) is 2.93. The van der Waals surface area contributed by atoms with E-state index in [9.17, 15) is 0 Å². The van der Waals surface area contributed by atoms with Crippen molar-refractivity contribution in [3.8, 4) is 22.4 Å². The highest BCUT2D eigenvalue weighted by atomic mass is 32.1. The summed E-state index contributed by atoms with van der Waals surface area (Å²) in [6.45, 7) is 6.06. The van der Waals surface area contributed by atoms with Crippen molar-refractivity contribution in [1.82, 2.24) is 4.98 Å². The molecule has 0 fully saturated rings. The van der Waals surface area contributed by atoms with Gasteiger partial charge in [0, 0.05) is 12.6 Å². The molecule has 0 spiro atoms. The van der Waals surface area contributed by atoms with Gasteiger partial charge in [0.1, 0.15) is 0 Å². The Labute approximate surface area is 108 Å². The minimum absolute atomic E-state index is 0.900. The van der Waals surface area contributed by atoms with Crippen LogP contribution < -0.4 is 0 Å². The lowest BCUT2D eigenvalue weighted by atomic mass is 10.3. The van der Waals surface area contributed by atoms with E-state index in [0.717, 1.165) is 17.0 Å². The molecule has 2 heteroatoms. The Hall–Kier alpha value is -1.59. The lowest BCUT2D eigenvalue weighted by molar-refractivity contribution is 1.28. The summed E-state index contributed by atoms with van der Waals surface area (Å²) in [6, 6.07) is 10.1. The summed E-state index contributed by atoms with van der Waals surface area (Å²) >= 11 is 1.69. The number of pyridine rings is 1. The molecule has 0 amide bonds. The van der Waals surface area contributed by atoms with Crippen LogP contribution in [0.25, 0.3) is 10.6 Å². The van der Waals surface area contributed by atoms with Crippen molar-refractivity contribution in [1.29, 1.82) is 0 Å². The van der Waals surface area contributed by atoms with E-state index >= 15 is 0 Å². The summed E-state index contributed by atoms with van der Waals surface area (Å²) in [5.74, 6) is 6.19. The Morgan fingerprint density at radius 1 is 1.18 bits per heavy atom. The Balaban J connectivity index is 0.000000686. The van der Waals surface area contributed by atoms with Gasteiger partial charge in [-0.2, -0.15) is 0 Å². The fraction of sp³-hybridized carbons (Fsp3) is 0.267. The van der Waals surface area contributed by atoms with Gasteiger partial charge in [0.2, 0.25) is 0 Å². The molecule has 0 aliphatic rings. The maximum absolute atomic E-state index is 4.30. The fourth-order valence-corrected chi connectivity index (χ4v) is 2.08. The third-order valence-electron chi connectivity index (χ3n) is 1.91. The minimum Gasteiger partial charge on any atom is -0.255 e. The highest BCUT2D eigenvalue weighted by molar-refractivity contribution is 7.16. The predicted molar refractivity (Wildman–Crippen MR) is 76.1 cm³/mol. The first-order chi connectivity index (χ1) is 8.40. The van der Waals surface area contributed by atoms with Gasteiger partial charge in [-0.15, -0.1) is 11.3 Å². The predicted octanol–water partition coefficient (Wildman–Crippen LogP) is 4.60. The summed E-state index contributed by atoms with van der Waals surface area (Å²) in [5, 5.41) is 0. The second-order valence-electron chi connectivity index (χ2n) is 3.03. The lowest BCUT2D eigenvalue weighted by Crippen LogP contribution is -1.75. The van der Waals surface area contributed by atoms with Crippen molar-refractivity contribution in [2.75, 3.05) is 0 Å². The summed E-state index contributed by atoms with van der Waals surface area (Å²) in [7, 11) is 0. The van der Waals surface area contributed by atoms with Crippen molar-refractivity contribution in [3.05, 3.63) is 41.4 Å². The maximum atomic E-state index is 4.30. The monoisotopic (exact) mass is 243 g/mol. The number of aromatic nitrogens is 1. The first-order valence-electron chi connectivity index (χ1n) is 5.90. The van der Waals surface area contributed by atoms with Gasteiger partial charge in [-0.1, -0.05) is 38.7 Å². The standard InChI is InChI=1S/C13H11NS.C2H6/c1-2-3-6-11-8-9-13(15-11)12-7-4-5-10-14-12;1-2/h4-5,7-10H,2H2,1H3;1-2H3. The van der Waals surface area contributed by atoms with E-state index in [1.165, 1.54) is 4.88 Å². The van der Waals surface area contributed by atoms with Crippen LogP contribution in [0, 0.1) is 11.8 Å². The second kappa shape index (κ2) is 7.65. The summed E-state index contributed by atoms with van der Waals surface area (Å²) in [5.41, 5.74) is 1.02. The second-order valence-corrected chi connectivity index (χ2v) is 4.12. The molecule has 0 bridgehead atoms. The summed E-state index contributed by atoms with van der Waals surface area (Å²) in [6.07, 6.45) is 2.71. The molecule has 1 nitrogen and oxygen atoms in total. The molecule has 0 aromatic carbocycles. The molecule has 0 atom stereocenters. The van der Waals surface area contributed by atoms with E-state index in [-0.39, 0.29) is 0 Å². The average Bonchev–Trinajstić information content (AvgIpc) is 2.88. The van der Waals surface area contributed by atoms with Crippen molar-refractivity contribution >= 4 is 11.3 Å². The van der Waals surface area contributed by atoms with Gasteiger partial charge in [0.25, 0.3) is 0 Å². The molecule has 2 heterocycles.